The molecule has 1 aromatic carbocycles. The van der Waals surface area contributed by atoms with Crippen molar-refractivity contribution >= 4 is 17.4 Å². The lowest BCUT2D eigenvalue weighted by molar-refractivity contribution is -0.384. The van der Waals surface area contributed by atoms with Gasteiger partial charge in [0, 0.05) is 20.2 Å². The molecule has 1 rings (SSSR count). The van der Waals surface area contributed by atoms with Gasteiger partial charge in [-0.1, -0.05) is 0 Å². The van der Waals surface area contributed by atoms with E-state index in [2.05, 4.69) is 0 Å². The summed E-state index contributed by atoms with van der Waals surface area (Å²) >= 11 is 0. The van der Waals surface area contributed by atoms with Gasteiger partial charge in [-0.2, -0.15) is 13.2 Å². The van der Waals surface area contributed by atoms with Gasteiger partial charge in [-0.25, -0.2) is 9.80 Å². The van der Waals surface area contributed by atoms with Gasteiger partial charge < -0.3 is 5.73 Å². The highest BCUT2D eigenvalue weighted by Gasteiger charge is 2.34. The van der Waals surface area contributed by atoms with E-state index in [1.54, 1.807) is 0 Å². The van der Waals surface area contributed by atoms with Crippen LogP contribution >= 0.6 is 0 Å². The molecule has 0 heterocycles. The van der Waals surface area contributed by atoms with Crippen molar-refractivity contribution in [1.29, 1.82) is 0 Å². The van der Waals surface area contributed by atoms with Gasteiger partial charge in [-0.05, 0) is 12.1 Å². The van der Waals surface area contributed by atoms with Crippen LogP contribution in [0, 0.1) is 10.1 Å². The van der Waals surface area contributed by atoms with E-state index in [0.29, 0.717) is 12.1 Å². The smallest absolute Gasteiger partial charge is 0.350 e. The van der Waals surface area contributed by atoms with Crippen molar-refractivity contribution in [3.8, 4) is 0 Å². The van der Waals surface area contributed by atoms with Gasteiger partial charge in [0.05, 0.1) is 10.5 Å². The number of hydrogen-bond donors (Lipinski definition) is 1. The molecule has 0 unspecified atom stereocenters. The number of nitrogens with two attached hydrogens (primary N) is 1. The third-order valence-electron chi connectivity index (χ3n) is 2.62. The zero-order valence-electron chi connectivity index (χ0n) is 10.5. The van der Waals surface area contributed by atoms with Crippen molar-refractivity contribution in [2.75, 3.05) is 19.1 Å². The molecule has 0 saturated carbocycles. The molecule has 0 bridgehead atoms. The van der Waals surface area contributed by atoms with Gasteiger partial charge >= 0.3 is 12.2 Å². The van der Waals surface area contributed by atoms with E-state index in [0.717, 1.165) is 16.1 Å². The van der Waals surface area contributed by atoms with E-state index in [-0.39, 0.29) is 5.69 Å². The van der Waals surface area contributed by atoms with Crippen molar-refractivity contribution in [3.05, 3.63) is 33.9 Å². The van der Waals surface area contributed by atoms with Gasteiger partial charge in [0.2, 0.25) is 0 Å². The summed E-state index contributed by atoms with van der Waals surface area (Å²) in [5.74, 6) is 0. The van der Waals surface area contributed by atoms with Crippen LogP contribution in [0.25, 0.3) is 0 Å². The van der Waals surface area contributed by atoms with E-state index >= 15 is 0 Å². The summed E-state index contributed by atoms with van der Waals surface area (Å²) in [7, 11) is 2.49. The first-order valence-electron chi connectivity index (χ1n) is 5.18. The Hall–Kier alpha value is -2.52. The molecule has 0 atom stereocenters. The maximum atomic E-state index is 12.5. The predicted octanol–water partition coefficient (Wildman–Crippen LogP) is 1.98. The molecule has 110 valence electrons. The monoisotopic (exact) mass is 292 g/mol. The number of nitro benzene ring substituents is 1. The molecule has 0 aromatic heterocycles. The van der Waals surface area contributed by atoms with Crippen LogP contribution in [0.1, 0.15) is 5.56 Å². The largest absolute Gasteiger partial charge is 0.416 e. The Morgan fingerprint density at radius 2 is 1.90 bits per heavy atom. The van der Waals surface area contributed by atoms with Crippen LogP contribution in [-0.2, 0) is 6.18 Å². The molecule has 0 saturated heterocycles. The first-order chi connectivity index (χ1) is 9.05. The topological polar surface area (TPSA) is 92.7 Å². The molecule has 1 aromatic rings. The van der Waals surface area contributed by atoms with Crippen LogP contribution in [0.3, 0.4) is 0 Å². The number of rotatable bonds is 3. The molecule has 0 fully saturated rings. The summed E-state index contributed by atoms with van der Waals surface area (Å²) in [6.45, 7) is 0. The average molecular weight is 292 g/mol. The second kappa shape index (κ2) is 5.23. The second-order valence-corrected chi connectivity index (χ2v) is 3.84. The molecular formula is C10H11F3N4O3. The molecule has 0 aliphatic carbocycles. The number of carbonyl (C=O) groups is 1. The lowest BCUT2D eigenvalue weighted by atomic mass is 10.1. The van der Waals surface area contributed by atoms with Crippen LogP contribution in [0.15, 0.2) is 18.2 Å². The molecule has 0 radical (unpaired) electrons. The third-order valence-corrected chi connectivity index (χ3v) is 2.62. The number of hydrogen-bond acceptors (Lipinski definition) is 4. The number of nitrogens with zero attached hydrogens (tertiary/aromatic N) is 3. The highest BCUT2D eigenvalue weighted by molar-refractivity contribution is 5.75. The number of anilines is 1. The third kappa shape index (κ3) is 3.08. The van der Waals surface area contributed by atoms with Crippen molar-refractivity contribution in [1.82, 2.24) is 5.01 Å². The number of hydrazine groups is 1. The molecule has 0 spiro atoms. The number of primary amides is 1. The van der Waals surface area contributed by atoms with Gasteiger partial charge in [0.15, 0.2) is 0 Å². The normalized spacial score (nSPS) is 11.1. The minimum atomic E-state index is -4.70. The first-order valence-corrected chi connectivity index (χ1v) is 5.18. The minimum Gasteiger partial charge on any atom is -0.350 e. The van der Waals surface area contributed by atoms with Crippen LogP contribution in [0.5, 0.6) is 0 Å². The molecule has 0 aliphatic heterocycles. The fraction of sp³-hybridized carbons (Fsp3) is 0.300. The number of nitro groups is 1. The molecule has 7 nitrogen and oxygen atoms in total. The molecule has 2 amide bonds. The van der Waals surface area contributed by atoms with Crippen molar-refractivity contribution in [3.63, 3.8) is 0 Å². The number of amides is 2. The van der Waals surface area contributed by atoms with Crippen molar-refractivity contribution in [2.45, 2.75) is 6.18 Å². The van der Waals surface area contributed by atoms with E-state index in [1.807, 2.05) is 0 Å². The maximum Gasteiger partial charge on any atom is 0.416 e. The minimum absolute atomic E-state index is 0.190. The summed E-state index contributed by atoms with van der Waals surface area (Å²) < 4.78 is 37.6. The number of halogens is 3. The fourth-order valence-electron chi connectivity index (χ4n) is 1.43. The van der Waals surface area contributed by atoms with E-state index in [1.165, 1.54) is 14.1 Å². The lowest BCUT2D eigenvalue weighted by Crippen LogP contribution is -2.44. The Balaban J connectivity index is 3.34. The van der Waals surface area contributed by atoms with E-state index in [4.69, 9.17) is 5.73 Å². The molecule has 0 aliphatic rings. The Labute approximate surface area is 111 Å². The predicted molar refractivity (Wildman–Crippen MR) is 63.8 cm³/mol. The quantitative estimate of drug-likeness (QED) is 0.681. The van der Waals surface area contributed by atoms with Crippen LogP contribution in [-0.4, -0.2) is 30.1 Å². The molecule has 10 heteroatoms. The second-order valence-electron chi connectivity index (χ2n) is 3.84. The Bertz CT molecular complexity index is 547. The summed E-state index contributed by atoms with van der Waals surface area (Å²) in [6, 6.07) is 1.08. The maximum absolute atomic E-state index is 12.5. The molecule has 2 N–H and O–H groups in total. The highest BCUT2D eigenvalue weighted by Crippen LogP contribution is 2.36. The number of alkyl halides is 3. The SMILES string of the molecule is CN(C(N)=O)N(C)c1ccc(C(F)(F)F)cc1[N+](=O)[O-]. The standard InChI is InChI=1S/C10H11F3N4O3/c1-15(16(2)9(14)18)7-4-3-6(10(11,12)13)5-8(7)17(19)20/h3-5H,1-2H3,(H2,14,18). The van der Waals surface area contributed by atoms with Crippen LogP contribution in [0.2, 0.25) is 0 Å². The lowest BCUT2D eigenvalue weighted by Gasteiger charge is -2.28. The molecule has 20 heavy (non-hydrogen) atoms. The molecular weight excluding hydrogens is 281 g/mol. The van der Waals surface area contributed by atoms with Crippen molar-refractivity contribution < 1.29 is 22.9 Å². The van der Waals surface area contributed by atoms with Gasteiger partial charge in [-0.3, -0.25) is 15.1 Å². The van der Waals surface area contributed by atoms with Crippen LogP contribution in [0.4, 0.5) is 29.3 Å². The van der Waals surface area contributed by atoms with Gasteiger partial charge in [-0.15, -0.1) is 0 Å². The zero-order valence-corrected chi connectivity index (χ0v) is 10.5. The summed E-state index contributed by atoms with van der Waals surface area (Å²) in [6.07, 6.45) is -4.70. The number of carbonyl (C=O) groups excluding carboxylic acids is 1. The van der Waals surface area contributed by atoms with Gasteiger partial charge in [0.1, 0.15) is 5.69 Å². The van der Waals surface area contributed by atoms with E-state index in [9.17, 15) is 28.1 Å². The fourth-order valence-corrected chi connectivity index (χ4v) is 1.43. The number of urea groups is 1. The van der Waals surface area contributed by atoms with Gasteiger partial charge in [0.25, 0.3) is 5.69 Å². The van der Waals surface area contributed by atoms with E-state index < -0.39 is 28.4 Å². The highest BCUT2D eigenvalue weighted by atomic mass is 19.4. The Morgan fingerprint density at radius 3 is 2.30 bits per heavy atom. The number of benzene rings is 1. The summed E-state index contributed by atoms with van der Waals surface area (Å²) in [4.78, 5) is 20.9. The zero-order chi connectivity index (χ0) is 15.7. The first kappa shape index (κ1) is 15.5. The average Bonchev–Trinajstić information content (AvgIpc) is 2.34. The van der Waals surface area contributed by atoms with Crippen LogP contribution < -0.4 is 10.7 Å². The van der Waals surface area contributed by atoms with Crippen molar-refractivity contribution in [2.24, 2.45) is 5.73 Å². The Morgan fingerprint density at radius 1 is 1.35 bits per heavy atom. The summed E-state index contributed by atoms with van der Waals surface area (Å²) in [5.41, 5.74) is 2.87. The Kier molecular flexibility index (Phi) is 4.06. The summed E-state index contributed by atoms with van der Waals surface area (Å²) in [5, 5.41) is 12.7.